The minimum Gasteiger partial charge on any atom is -0.330 e. The number of hydrogen-bond donors (Lipinski definition) is 1. The van der Waals surface area contributed by atoms with Gasteiger partial charge in [0, 0.05) is 12.8 Å². The van der Waals surface area contributed by atoms with E-state index in [2.05, 4.69) is 0 Å². The van der Waals surface area contributed by atoms with Crippen molar-refractivity contribution in [2.75, 3.05) is 6.54 Å². The maximum atomic E-state index is 12.2. The van der Waals surface area contributed by atoms with E-state index in [1.165, 1.54) is 0 Å². The summed E-state index contributed by atoms with van der Waals surface area (Å²) in [5.74, 6) is -2.42. The normalized spacial score (nSPS) is 24.5. The van der Waals surface area contributed by atoms with E-state index >= 15 is 0 Å². The molecular formula is C8H17F2N. The largest absolute Gasteiger partial charge is 0.330 e. The van der Waals surface area contributed by atoms with Crippen LogP contribution in [0, 0.1) is 5.41 Å². The van der Waals surface area contributed by atoms with Gasteiger partial charge in [0.05, 0.1) is 0 Å². The molecule has 1 aliphatic carbocycles. The Hall–Kier alpha value is -0.180. The first kappa shape index (κ1) is 10.8. The number of hydrogen-bond acceptors (Lipinski definition) is 1. The zero-order valence-electron chi connectivity index (χ0n) is 7.45. The van der Waals surface area contributed by atoms with Crippen molar-refractivity contribution in [3.05, 3.63) is 0 Å². The molecule has 1 nitrogen and oxygen atoms in total. The maximum absolute atomic E-state index is 12.2. The molecule has 0 heterocycles. The van der Waals surface area contributed by atoms with Crippen LogP contribution in [0.3, 0.4) is 0 Å². The second-order valence-corrected chi connectivity index (χ2v) is 3.22. The third-order valence-corrected chi connectivity index (χ3v) is 1.86. The molecule has 0 spiro atoms. The number of halogens is 2. The van der Waals surface area contributed by atoms with Crippen LogP contribution in [-0.4, -0.2) is 12.5 Å². The molecule has 0 aliphatic heterocycles. The molecule has 0 aromatic rings. The Labute approximate surface area is 67.0 Å². The van der Waals surface area contributed by atoms with Gasteiger partial charge >= 0.3 is 0 Å². The van der Waals surface area contributed by atoms with Crippen LogP contribution in [-0.2, 0) is 0 Å². The van der Waals surface area contributed by atoms with E-state index in [4.69, 9.17) is 5.73 Å². The fraction of sp³-hybridized carbons (Fsp3) is 1.00. The standard InChI is InChI=1S/C6H11F2N.C2H6/c1-5(4-9)2-6(7,8)3-5;1-2/h2-4,9H2,1H3;1-2H3. The predicted octanol–water partition coefficient (Wildman–Crippen LogP) is 2.41. The van der Waals surface area contributed by atoms with Crippen LogP contribution in [0.4, 0.5) is 8.78 Å². The topological polar surface area (TPSA) is 26.0 Å². The molecule has 0 aromatic carbocycles. The summed E-state index contributed by atoms with van der Waals surface area (Å²) in [5.41, 5.74) is 4.98. The van der Waals surface area contributed by atoms with Gasteiger partial charge in [-0.1, -0.05) is 20.8 Å². The Kier molecular flexibility index (Phi) is 3.42. The zero-order chi connectivity index (χ0) is 9.12. The first-order chi connectivity index (χ1) is 4.97. The van der Waals surface area contributed by atoms with E-state index < -0.39 is 5.92 Å². The van der Waals surface area contributed by atoms with Crippen molar-refractivity contribution < 1.29 is 8.78 Å². The van der Waals surface area contributed by atoms with Crippen LogP contribution in [0.1, 0.15) is 33.6 Å². The molecule has 1 saturated carbocycles. The summed E-state index contributed by atoms with van der Waals surface area (Å²) in [6, 6.07) is 0. The number of nitrogens with two attached hydrogens (primary N) is 1. The SMILES string of the molecule is CC.CC1(CN)CC(F)(F)C1. The quantitative estimate of drug-likeness (QED) is 0.634. The van der Waals surface area contributed by atoms with Crippen molar-refractivity contribution in [1.29, 1.82) is 0 Å². The second-order valence-electron chi connectivity index (χ2n) is 3.22. The number of rotatable bonds is 1. The number of alkyl halides is 2. The fourth-order valence-corrected chi connectivity index (χ4v) is 1.34. The van der Waals surface area contributed by atoms with Crippen molar-refractivity contribution in [2.45, 2.75) is 39.5 Å². The van der Waals surface area contributed by atoms with Gasteiger partial charge in [0.2, 0.25) is 5.92 Å². The van der Waals surface area contributed by atoms with Gasteiger partial charge in [-0.2, -0.15) is 0 Å². The molecule has 11 heavy (non-hydrogen) atoms. The first-order valence-electron chi connectivity index (χ1n) is 4.05. The lowest BCUT2D eigenvalue weighted by molar-refractivity contribution is -0.149. The highest BCUT2D eigenvalue weighted by Gasteiger charge is 2.52. The van der Waals surface area contributed by atoms with Crippen molar-refractivity contribution in [3.63, 3.8) is 0 Å². The Morgan fingerprint density at radius 1 is 1.27 bits per heavy atom. The molecule has 68 valence electrons. The average molecular weight is 165 g/mol. The first-order valence-corrected chi connectivity index (χ1v) is 4.05. The molecule has 3 heteroatoms. The molecule has 0 atom stereocenters. The smallest absolute Gasteiger partial charge is 0.249 e. The predicted molar refractivity (Wildman–Crippen MR) is 42.7 cm³/mol. The minimum absolute atomic E-state index is 0.0312. The third kappa shape index (κ3) is 2.73. The molecule has 0 bridgehead atoms. The molecule has 2 N–H and O–H groups in total. The summed E-state index contributed by atoms with van der Waals surface area (Å²) in [4.78, 5) is 0. The van der Waals surface area contributed by atoms with Gasteiger partial charge in [-0.3, -0.25) is 0 Å². The van der Waals surface area contributed by atoms with E-state index in [9.17, 15) is 8.78 Å². The van der Waals surface area contributed by atoms with E-state index in [0.717, 1.165) is 0 Å². The van der Waals surface area contributed by atoms with Crippen LogP contribution in [0.15, 0.2) is 0 Å². The highest BCUT2D eigenvalue weighted by molar-refractivity contribution is 4.96. The van der Waals surface area contributed by atoms with Gasteiger partial charge < -0.3 is 5.73 Å². The Morgan fingerprint density at radius 2 is 1.64 bits per heavy atom. The summed E-state index contributed by atoms with van der Waals surface area (Å²) in [5, 5.41) is 0. The van der Waals surface area contributed by atoms with Gasteiger partial charge in [-0.25, -0.2) is 8.78 Å². The molecular weight excluding hydrogens is 148 g/mol. The van der Waals surface area contributed by atoms with Crippen molar-refractivity contribution in [2.24, 2.45) is 11.1 Å². The average Bonchev–Trinajstić information content (AvgIpc) is 1.88. The van der Waals surface area contributed by atoms with Crippen LogP contribution >= 0.6 is 0 Å². The van der Waals surface area contributed by atoms with Crippen molar-refractivity contribution >= 4 is 0 Å². The lowest BCUT2D eigenvalue weighted by atomic mass is 9.68. The molecule has 0 radical (unpaired) electrons. The van der Waals surface area contributed by atoms with Gasteiger partial charge in [0.25, 0.3) is 0 Å². The second kappa shape index (κ2) is 3.48. The lowest BCUT2D eigenvalue weighted by Gasteiger charge is -2.43. The van der Waals surface area contributed by atoms with Crippen LogP contribution < -0.4 is 5.73 Å². The fourth-order valence-electron chi connectivity index (χ4n) is 1.34. The molecule has 0 saturated heterocycles. The van der Waals surface area contributed by atoms with Crippen molar-refractivity contribution in [3.8, 4) is 0 Å². The molecule has 0 amide bonds. The highest BCUT2D eigenvalue weighted by Crippen LogP contribution is 2.50. The van der Waals surface area contributed by atoms with Gasteiger partial charge in [0.15, 0.2) is 0 Å². The van der Waals surface area contributed by atoms with Crippen LogP contribution in [0.25, 0.3) is 0 Å². The van der Waals surface area contributed by atoms with E-state index in [0.29, 0.717) is 6.54 Å². The highest BCUT2D eigenvalue weighted by atomic mass is 19.3. The molecule has 1 aliphatic rings. The third-order valence-electron chi connectivity index (χ3n) is 1.86. The van der Waals surface area contributed by atoms with Gasteiger partial charge in [-0.15, -0.1) is 0 Å². The Bertz CT molecular complexity index is 115. The summed E-state index contributed by atoms with van der Waals surface area (Å²) >= 11 is 0. The Morgan fingerprint density at radius 3 is 1.73 bits per heavy atom. The monoisotopic (exact) mass is 165 g/mol. The van der Waals surface area contributed by atoms with Gasteiger partial charge in [0.1, 0.15) is 0 Å². The molecule has 1 fully saturated rings. The summed E-state index contributed by atoms with van der Waals surface area (Å²) in [6.45, 7) is 6.17. The van der Waals surface area contributed by atoms with Gasteiger partial charge in [-0.05, 0) is 12.0 Å². The van der Waals surface area contributed by atoms with Crippen LogP contribution in [0.5, 0.6) is 0 Å². The van der Waals surface area contributed by atoms with E-state index in [-0.39, 0.29) is 18.3 Å². The van der Waals surface area contributed by atoms with Crippen LogP contribution in [0.2, 0.25) is 0 Å². The molecule has 1 rings (SSSR count). The maximum Gasteiger partial charge on any atom is 0.249 e. The Balaban J connectivity index is 0.000000461. The van der Waals surface area contributed by atoms with Crippen molar-refractivity contribution in [1.82, 2.24) is 0 Å². The lowest BCUT2D eigenvalue weighted by Crippen LogP contribution is -2.48. The summed E-state index contributed by atoms with van der Waals surface area (Å²) in [6.07, 6.45) is -0.0625. The van der Waals surface area contributed by atoms with E-state index in [1.807, 2.05) is 13.8 Å². The summed E-state index contributed by atoms with van der Waals surface area (Å²) < 4.78 is 24.3. The molecule has 0 aromatic heterocycles. The minimum atomic E-state index is -2.42. The summed E-state index contributed by atoms with van der Waals surface area (Å²) in [7, 11) is 0. The molecule has 0 unspecified atom stereocenters. The zero-order valence-corrected chi connectivity index (χ0v) is 7.45. The van der Waals surface area contributed by atoms with E-state index in [1.54, 1.807) is 6.92 Å².